The summed E-state index contributed by atoms with van der Waals surface area (Å²) in [6.45, 7) is 3.54. The number of rotatable bonds is 7. The molecule has 9 heteroatoms. The molecule has 0 aliphatic carbocycles. The molecule has 0 spiro atoms. The third-order valence-electron chi connectivity index (χ3n) is 4.39. The zero-order valence-electron chi connectivity index (χ0n) is 17.3. The molecular formula is C22H21N5O4. The maximum Gasteiger partial charge on any atom is 0.292 e. The van der Waals surface area contributed by atoms with Gasteiger partial charge in [0.15, 0.2) is 23.8 Å². The SMILES string of the molecule is COc1cc(/C=N\NC(=O)c2nn(C(C)C)c(=O)c3ccccc23)ccc1OCC#N. The van der Waals surface area contributed by atoms with Crippen molar-refractivity contribution in [2.24, 2.45) is 5.10 Å². The minimum atomic E-state index is -0.539. The molecule has 31 heavy (non-hydrogen) atoms. The van der Waals surface area contributed by atoms with Crippen LogP contribution in [0.25, 0.3) is 10.8 Å². The lowest BCUT2D eigenvalue weighted by Crippen LogP contribution is -2.30. The molecule has 2 aromatic carbocycles. The molecule has 1 amide bonds. The quantitative estimate of drug-likeness (QED) is 0.465. The minimum Gasteiger partial charge on any atom is -0.493 e. The van der Waals surface area contributed by atoms with Gasteiger partial charge in [0.2, 0.25) is 0 Å². The number of methoxy groups -OCH3 is 1. The number of hydrogen-bond donors (Lipinski definition) is 1. The summed E-state index contributed by atoms with van der Waals surface area (Å²) in [5.74, 6) is 0.321. The highest BCUT2D eigenvalue weighted by Crippen LogP contribution is 2.27. The van der Waals surface area contributed by atoms with Gasteiger partial charge in [-0.05, 0) is 43.7 Å². The Morgan fingerprint density at radius 3 is 2.68 bits per heavy atom. The molecule has 1 N–H and O–H groups in total. The maximum absolute atomic E-state index is 12.8. The molecule has 1 heterocycles. The normalized spacial score (nSPS) is 10.9. The number of amides is 1. The second kappa shape index (κ2) is 9.54. The van der Waals surface area contributed by atoms with Crippen LogP contribution in [0.3, 0.4) is 0 Å². The lowest BCUT2D eigenvalue weighted by molar-refractivity contribution is 0.0949. The first-order valence-electron chi connectivity index (χ1n) is 9.49. The summed E-state index contributed by atoms with van der Waals surface area (Å²) < 4.78 is 11.8. The second-order valence-corrected chi connectivity index (χ2v) is 6.79. The Labute approximate surface area is 178 Å². The van der Waals surface area contributed by atoms with E-state index in [1.165, 1.54) is 18.0 Å². The molecule has 0 atom stereocenters. The number of aromatic nitrogens is 2. The van der Waals surface area contributed by atoms with Crippen molar-refractivity contribution in [2.75, 3.05) is 13.7 Å². The first kappa shape index (κ1) is 21.5. The van der Waals surface area contributed by atoms with E-state index in [-0.39, 0.29) is 23.9 Å². The van der Waals surface area contributed by atoms with Crippen molar-refractivity contribution in [2.45, 2.75) is 19.9 Å². The van der Waals surface area contributed by atoms with Crippen molar-refractivity contribution >= 4 is 22.9 Å². The highest BCUT2D eigenvalue weighted by Gasteiger charge is 2.17. The Balaban J connectivity index is 1.85. The van der Waals surface area contributed by atoms with Gasteiger partial charge >= 0.3 is 0 Å². The molecule has 0 aliphatic heterocycles. The summed E-state index contributed by atoms with van der Waals surface area (Å²) in [4.78, 5) is 25.3. The third kappa shape index (κ3) is 4.70. The van der Waals surface area contributed by atoms with Gasteiger partial charge in [0.25, 0.3) is 11.5 Å². The van der Waals surface area contributed by atoms with E-state index >= 15 is 0 Å². The van der Waals surface area contributed by atoms with Crippen LogP contribution in [-0.4, -0.2) is 35.6 Å². The average Bonchev–Trinajstić information content (AvgIpc) is 2.78. The van der Waals surface area contributed by atoms with E-state index in [4.69, 9.17) is 14.7 Å². The largest absolute Gasteiger partial charge is 0.493 e. The van der Waals surface area contributed by atoms with E-state index < -0.39 is 5.91 Å². The van der Waals surface area contributed by atoms with Crippen LogP contribution in [-0.2, 0) is 0 Å². The van der Waals surface area contributed by atoms with E-state index in [9.17, 15) is 9.59 Å². The molecule has 0 saturated heterocycles. The lowest BCUT2D eigenvalue weighted by Gasteiger charge is -2.12. The van der Waals surface area contributed by atoms with Crippen LogP contribution >= 0.6 is 0 Å². The number of hydrogen-bond acceptors (Lipinski definition) is 7. The van der Waals surface area contributed by atoms with Crippen LogP contribution < -0.4 is 20.5 Å². The zero-order valence-corrected chi connectivity index (χ0v) is 17.3. The van der Waals surface area contributed by atoms with Gasteiger partial charge in [-0.15, -0.1) is 0 Å². The second-order valence-electron chi connectivity index (χ2n) is 6.79. The molecule has 9 nitrogen and oxygen atoms in total. The molecule has 3 rings (SSSR count). The average molecular weight is 419 g/mol. The van der Waals surface area contributed by atoms with E-state index in [0.717, 1.165) is 0 Å². The van der Waals surface area contributed by atoms with Gasteiger partial charge < -0.3 is 9.47 Å². The van der Waals surface area contributed by atoms with Crippen LogP contribution in [0.1, 0.15) is 35.9 Å². The molecule has 3 aromatic rings. The predicted octanol–water partition coefficient (Wildman–Crippen LogP) is 2.65. The Hall–Kier alpha value is -4.19. The molecule has 0 radical (unpaired) electrons. The Morgan fingerprint density at radius 2 is 2.00 bits per heavy atom. The Kier molecular flexibility index (Phi) is 6.62. The number of nitrogens with zero attached hydrogens (tertiary/aromatic N) is 4. The van der Waals surface area contributed by atoms with E-state index in [1.807, 2.05) is 19.9 Å². The van der Waals surface area contributed by atoms with Crippen molar-refractivity contribution in [3.8, 4) is 17.6 Å². The van der Waals surface area contributed by atoms with Gasteiger partial charge in [-0.1, -0.05) is 18.2 Å². The number of nitriles is 1. The Morgan fingerprint density at radius 1 is 1.26 bits per heavy atom. The fraction of sp³-hybridized carbons (Fsp3) is 0.227. The minimum absolute atomic E-state index is 0.0979. The number of carbonyl (C=O) groups excluding carboxylic acids is 1. The maximum atomic E-state index is 12.8. The molecule has 0 aliphatic rings. The fourth-order valence-electron chi connectivity index (χ4n) is 2.94. The van der Waals surface area contributed by atoms with Crippen LogP contribution in [0, 0.1) is 11.3 Å². The lowest BCUT2D eigenvalue weighted by atomic mass is 10.1. The fourth-order valence-corrected chi connectivity index (χ4v) is 2.94. The summed E-state index contributed by atoms with van der Waals surface area (Å²) in [6.07, 6.45) is 1.44. The number of fused-ring (bicyclic) bond motifs is 1. The van der Waals surface area contributed by atoms with Crippen LogP contribution in [0.2, 0.25) is 0 Å². The molecule has 158 valence electrons. The topological polar surface area (TPSA) is 119 Å². The van der Waals surface area contributed by atoms with Gasteiger partial charge in [0.1, 0.15) is 6.07 Å². The van der Waals surface area contributed by atoms with Crippen molar-refractivity contribution in [1.29, 1.82) is 5.26 Å². The van der Waals surface area contributed by atoms with Gasteiger partial charge in [-0.25, -0.2) is 10.1 Å². The summed E-state index contributed by atoms with van der Waals surface area (Å²) in [5, 5.41) is 17.7. The van der Waals surface area contributed by atoms with Crippen molar-refractivity contribution in [1.82, 2.24) is 15.2 Å². The molecule has 0 fully saturated rings. The number of ether oxygens (including phenoxy) is 2. The number of hydrazone groups is 1. The Bertz CT molecular complexity index is 1240. The van der Waals surface area contributed by atoms with Crippen LogP contribution in [0.4, 0.5) is 0 Å². The van der Waals surface area contributed by atoms with Crippen LogP contribution in [0.15, 0.2) is 52.4 Å². The summed E-state index contributed by atoms with van der Waals surface area (Å²) >= 11 is 0. The first-order chi connectivity index (χ1) is 15.0. The van der Waals surface area contributed by atoms with Crippen molar-refractivity contribution < 1.29 is 14.3 Å². The first-order valence-corrected chi connectivity index (χ1v) is 9.49. The number of carbonyl (C=O) groups is 1. The monoisotopic (exact) mass is 419 g/mol. The third-order valence-corrected chi connectivity index (χ3v) is 4.39. The van der Waals surface area contributed by atoms with Crippen molar-refractivity contribution in [3.05, 3.63) is 64.1 Å². The molecule has 0 saturated carbocycles. The van der Waals surface area contributed by atoms with Gasteiger partial charge in [-0.2, -0.15) is 15.5 Å². The summed E-state index contributed by atoms with van der Waals surface area (Å²) in [6, 6.07) is 13.5. The van der Waals surface area contributed by atoms with Gasteiger partial charge in [0.05, 0.1) is 24.8 Å². The smallest absolute Gasteiger partial charge is 0.292 e. The molecular weight excluding hydrogens is 398 g/mol. The summed E-state index contributed by atoms with van der Waals surface area (Å²) in [7, 11) is 1.48. The highest BCUT2D eigenvalue weighted by atomic mass is 16.5. The highest BCUT2D eigenvalue weighted by molar-refractivity contribution is 6.05. The zero-order chi connectivity index (χ0) is 22.4. The standard InChI is InChI=1S/C22H21N5O4/c1-14(2)27-22(29)17-7-5-4-6-16(17)20(26-27)21(28)25-24-13-15-8-9-18(31-11-10-23)19(12-15)30-3/h4-9,12-14H,11H2,1-3H3,(H,25,28)/b24-13-. The predicted molar refractivity (Wildman–Crippen MR) is 116 cm³/mol. The van der Waals surface area contributed by atoms with Crippen LogP contribution in [0.5, 0.6) is 11.5 Å². The van der Waals surface area contributed by atoms with Crippen molar-refractivity contribution in [3.63, 3.8) is 0 Å². The number of benzene rings is 2. The number of nitrogens with one attached hydrogen (secondary N) is 1. The van der Waals surface area contributed by atoms with Gasteiger partial charge in [-0.3, -0.25) is 9.59 Å². The van der Waals surface area contributed by atoms with Gasteiger partial charge in [0, 0.05) is 5.39 Å². The van der Waals surface area contributed by atoms with E-state index in [1.54, 1.807) is 42.5 Å². The summed E-state index contributed by atoms with van der Waals surface area (Å²) in [5.41, 5.74) is 2.95. The molecule has 0 bridgehead atoms. The van der Waals surface area contributed by atoms with E-state index in [2.05, 4.69) is 15.6 Å². The van der Waals surface area contributed by atoms with E-state index in [0.29, 0.717) is 27.8 Å². The molecule has 0 unspecified atom stereocenters. The molecule has 1 aromatic heterocycles.